The molecule has 0 aliphatic heterocycles. The van der Waals surface area contributed by atoms with E-state index < -0.39 is 0 Å². The van der Waals surface area contributed by atoms with E-state index >= 15 is 0 Å². The number of aromatic nitrogens is 1. The van der Waals surface area contributed by atoms with Crippen LogP contribution in [0.5, 0.6) is 11.5 Å². The lowest BCUT2D eigenvalue weighted by Gasteiger charge is -2.17. The van der Waals surface area contributed by atoms with Gasteiger partial charge in [0.25, 0.3) is 0 Å². The van der Waals surface area contributed by atoms with Gasteiger partial charge in [-0.3, -0.25) is 9.78 Å². The van der Waals surface area contributed by atoms with E-state index in [2.05, 4.69) is 4.98 Å². The molecule has 1 amide bonds. The van der Waals surface area contributed by atoms with Gasteiger partial charge >= 0.3 is 0 Å². The van der Waals surface area contributed by atoms with Crippen LogP contribution in [0.2, 0.25) is 0 Å². The molecule has 0 unspecified atom stereocenters. The first kappa shape index (κ1) is 17.8. The first-order chi connectivity index (χ1) is 11.7. The molecular weight excluding hydrogens is 304 g/mol. The Hall–Kier alpha value is -2.56. The molecule has 24 heavy (non-hydrogen) atoms. The lowest BCUT2D eigenvalue weighted by atomic mass is 10.2. The maximum atomic E-state index is 12.1. The van der Waals surface area contributed by atoms with Gasteiger partial charge in [0.1, 0.15) is 11.5 Å². The van der Waals surface area contributed by atoms with Gasteiger partial charge in [-0.2, -0.15) is 0 Å². The number of amides is 1. The van der Waals surface area contributed by atoms with Gasteiger partial charge in [-0.25, -0.2) is 0 Å². The number of hydrogen-bond donors (Lipinski definition) is 0. The Balaban J connectivity index is 1.63. The summed E-state index contributed by atoms with van der Waals surface area (Å²) in [5, 5.41) is 0. The van der Waals surface area contributed by atoms with Crippen molar-refractivity contribution in [2.75, 3.05) is 27.3 Å². The normalized spacial score (nSPS) is 10.2. The van der Waals surface area contributed by atoms with Crippen LogP contribution in [0.25, 0.3) is 0 Å². The third-order valence-electron chi connectivity index (χ3n) is 3.77. The molecule has 1 heterocycles. The number of likely N-dealkylation sites (N-methyl/N-ethyl adjacent to an activating group) is 1. The number of pyridine rings is 1. The number of carbonyl (C=O) groups is 1. The summed E-state index contributed by atoms with van der Waals surface area (Å²) >= 11 is 0. The molecule has 5 nitrogen and oxygen atoms in total. The summed E-state index contributed by atoms with van der Waals surface area (Å²) < 4.78 is 10.7. The Morgan fingerprint density at radius 3 is 2.42 bits per heavy atom. The fraction of sp³-hybridized carbons (Fsp3) is 0.368. The van der Waals surface area contributed by atoms with Gasteiger partial charge < -0.3 is 14.4 Å². The molecule has 1 aromatic heterocycles. The van der Waals surface area contributed by atoms with E-state index in [9.17, 15) is 4.79 Å². The average molecular weight is 328 g/mol. The predicted molar refractivity (Wildman–Crippen MR) is 93.3 cm³/mol. The minimum atomic E-state index is 0.141. The molecule has 0 N–H and O–H groups in total. The van der Waals surface area contributed by atoms with Gasteiger partial charge in [0, 0.05) is 32.4 Å². The first-order valence-corrected chi connectivity index (χ1v) is 8.09. The van der Waals surface area contributed by atoms with Crippen LogP contribution in [0.4, 0.5) is 0 Å². The second-order valence-corrected chi connectivity index (χ2v) is 5.55. The van der Waals surface area contributed by atoms with Crippen LogP contribution >= 0.6 is 0 Å². The van der Waals surface area contributed by atoms with Crippen molar-refractivity contribution < 1.29 is 14.3 Å². The largest absolute Gasteiger partial charge is 0.497 e. The fourth-order valence-electron chi connectivity index (χ4n) is 2.25. The Morgan fingerprint density at radius 2 is 1.75 bits per heavy atom. The summed E-state index contributed by atoms with van der Waals surface area (Å²) in [6.07, 6.45) is 5.57. The second kappa shape index (κ2) is 9.55. The third-order valence-corrected chi connectivity index (χ3v) is 3.77. The SMILES string of the molecule is COc1ccc(OCCCC(=O)N(C)CCc2ccncc2)cc1. The molecule has 128 valence electrons. The van der Waals surface area contributed by atoms with Gasteiger partial charge in [-0.05, 0) is 54.8 Å². The first-order valence-electron chi connectivity index (χ1n) is 8.09. The number of carbonyl (C=O) groups excluding carboxylic acids is 1. The van der Waals surface area contributed by atoms with E-state index in [1.807, 2.05) is 43.4 Å². The third kappa shape index (κ3) is 5.91. The zero-order chi connectivity index (χ0) is 17.2. The quantitative estimate of drug-likeness (QED) is 0.664. The molecule has 0 radical (unpaired) electrons. The number of rotatable bonds is 9. The molecule has 1 aromatic carbocycles. The van der Waals surface area contributed by atoms with E-state index in [1.165, 1.54) is 5.56 Å². The van der Waals surface area contributed by atoms with Crippen LogP contribution in [-0.2, 0) is 11.2 Å². The topological polar surface area (TPSA) is 51.7 Å². The lowest BCUT2D eigenvalue weighted by Crippen LogP contribution is -2.28. The number of nitrogens with zero attached hydrogens (tertiary/aromatic N) is 2. The van der Waals surface area contributed by atoms with Crippen LogP contribution in [0, 0.1) is 0 Å². The van der Waals surface area contributed by atoms with E-state index in [-0.39, 0.29) is 5.91 Å². The molecule has 0 atom stereocenters. The van der Waals surface area contributed by atoms with Crippen LogP contribution in [0.15, 0.2) is 48.8 Å². The standard InChI is InChI=1S/C19H24N2O3/c1-21(14-11-16-9-12-20-13-10-16)19(22)4-3-15-24-18-7-5-17(23-2)6-8-18/h5-10,12-13H,3-4,11,14-15H2,1-2H3. The van der Waals surface area contributed by atoms with Gasteiger partial charge in [-0.15, -0.1) is 0 Å². The summed E-state index contributed by atoms with van der Waals surface area (Å²) in [6, 6.07) is 11.4. The van der Waals surface area contributed by atoms with Crippen LogP contribution < -0.4 is 9.47 Å². The summed E-state index contributed by atoms with van der Waals surface area (Å²) in [7, 11) is 3.47. The van der Waals surface area contributed by atoms with Crippen molar-refractivity contribution in [3.63, 3.8) is 0 Å². The molecule has 0 bridgehead atoms. The number of ether oxygens (including phenoxy) is 2. The van der Waals surface area contributed by atoms with Crippen molar-refractivity contribution in [1.29, 1.82) is 0 Å². The summed E-state index contributed by atoms with van der Waals surface area (Å²) in [5.41, 5.74) is 1.19. The zero-order valence-corrected chi connectivity index (χ0v) is 14.3. The van der Waals surface area contributed by atoms with Crippen molar-refractivity contribution in [1.82, 2.24) is 9.88 Å². The van der Waals surface area contributed by atoms with E-state index in [4.69, 9.17) is 9.47 Å². The smallest absolute Gasteiger partial charge is 0.222 e. The molecule has 0 aliphatic carbocycles. The Kier molecular flexibility index (Phi) is 7.08. The van der Waals surface area contributed by atoms with Crippen LogP contribution in [-0.4, -0.2) is 43.1 Å². The minimum Gasteiger partial charge on any atom is -0.497 e. The van der Waals surface area contributed by atoms with Gasteiger partial charge in [0.05, 0.1) is 13.7 Å². The molecule has 0 saturated carbocycles. The lowest BCUT2D eigenvalue weighted by molar-refractivity contribution is -0.130. The van der Waals surface area contributed by atoms with Crippen molar-refractivity contribution in [2.24, 2.45) is 0 Å². The molecule has 0 aliphatic rings. The Bertz CT molecular complexity index is 614. The maximum Gasteiger partial charge on any atom is 0.222 e. The molecule has 2 rings (SSSR count). The average Bonchev–Trinajstić information content (AvgIpc) is 2.64. The van der Waals surface area contributed by atoms with Crippen molar-refractivity contribution >= 4 is 5.91 Å². The summed E-state index contributed by atoms with van der Waals surface area (Å²) in [4.78, 5) is 17.9. The van der Waals surface area contributed by atoms with Gasteiger partial charge in [0.2, 0.25) is 5.91 Å². The van der Waals surface area contributed by atoms with Gasteiger partial charge in [-0.1, -0.05) is 0 Å². The fourth-order valence-corrected chi connectivity index (χ4v) is 2.25. The molecular formula is C19H24N2O3. The molecule has 5 heteroatoms. The monoisotopic (exact) mass is 328 g/mol. The maximum absolute atomic E-state index is 12.1. The zero-order valence-electron chi connectivity index (χ0n) is 14.3. The second-order valence-electron chi connectivity index (χ2n) is 5.55. The highest BCUT2D eigenvalue weighted by Gasteiger charge is 2.08. The van der Waals surface area contributed by atoms with Crippen molar-refractivity contribution in [3.05, 3.63) is 54.4 Å². The van der Waals surface area contributed by atoms with Crippen molar-refractivity contribution in [3.8, 4) is 11.5 Å². The summed E-state index contributed by atoms with van der Waals surface area (Å²) in [6.45, 7) is 1.23. The molecule has 2 aromatic rings. The van der Waals surface area contributed by atoms with Gasteiger partial charge in [0.15, 0.2) is 0 Å². The number of methoxy groups -OCH3 is 1. The molecule has 0 spiro atoms. The highest BCUT2D eigenvalue weighted by Crippen LogP contribution is 2.17. The van der Waals surface area contributed by atoms with Crippen LogP contribution in [0.1, 0.15) is 18.4 Å². The minimum absolute atomic E-state index is 0.141. The van der Waals surface area contributed by atoms with Crippen molar-refractivity contribution in [2.45, 2.75) is 19.3 Å². The highest BCUT2D eigenvalue weighted by molar-refractivity contribution is 5.75. The molecule has 0 fully saturated rings. The molecule has 0 saturated heterocycles. The van der Waals surface area contributed by atoms with E-state index in [0.717, 1.165) is 17.9 Å². The predicted octanol–water partition coefficient (Wildman–Crippen LogP) is 2.95. The summed E-state index contributed by atoms with van der Waals surface area (Å²) in [5.74, 6) is 1.73. The Morgan fingerprint density at radius 1 is 1.08 bits per heavy atom. The van der Waals surface area contributed by atoms with Crippen LogP contribution in [0.3, 0.4) is 0 Å². The van der Waals surface area contributed by atoms with E-state index in [1.54, 1.807) is 24.4 Å². The van der Waals surface area contributed by atoms with E-state index in [0.29, 0.717) is 26.0 Å². The number of benzene rings is 1. The Labute approximate surface area is 143 Å². The number of hydrogen-bond acceptors (Lipinski definition) is 4. The highest BCUT2D eigenvalue weighted by atomic mass is 16.5.